The minimum atomic E-state index is -3.55. The van der Waals surface area contributed by atoms with Crippen LogP contribution in [0.5, 0.6) is 0 Å². The number of hydrogen-bond donors (Lipinski definition) is 2. The highest BCUT2D eigenvalue weighted by molar-refractivity contribution is 7.90. The maximum atomic E-state index is 11.7. The summed E-state index contributed by atoms with van der Waals surface area (Å²) >= 11 is 0. The highest BCUT2D eigenvalue weighted by atomic mass is 32.2. The number of nitrogens with two attached hydrogens (primary N) is 1. The summed E-state index contributed by atoms with van der Waals surface area (Å²) in [6, 6.07) is 9.06. The number of nitriles is 1. The van der Waals surface area contributed by atoms with E-state index in [-0.39, 0.29) is 13.0 Å². The number of nitrogens with zero attached hydrogens (tertiary/aromatic N) is 1. The number of nitrogen functional groups attached to an aromatic ring is 1. The molecule has 18 heavy (non-hydrogen) atoms. The third-order valence-electron chi connectivity index (χ3n) is 2.56. The highest BCUT2D eigenvalue weighted by Gasteiger charge is 2.22. The van der Waals surface area contributed by atoms with Crippen molar-refractivity contribution >= 4 is 15.7 Å². The van der Waals surface area contributed by atoms with E-state index in [1.165, 1.54) is 0 Å². The summed E-state index contributed by atoms with van der Waals surface area (Å²) in [4.78, 5) is 0. The van der Waals surface area contributed by atoms with Crippen molar-refractivity contribution in [3.8, 4) is 6.07 Å². The van der Waals surface area contributed by atoms with Gasteiger partial charge < -0.3 is 5.73 Å². The maximum Gasteiger partial charge on any atom is 0.227 e. The van der Waals surface area contributed by atoms with E-state index in [1.807, 2.05) is 12.1 Å². The van der Waals surface area contributed by atoms with E-state index in [9.17, 15) is 8.42 Å². The molecule has 1 unspecified atom stereocenters. The van der Waals surface area contributed by atoms with E-state index in [1.54, 1.807) is 25.1 Å². The van der Waals surface area contributed by atoms with Crippen molar-refractivity contribution in [2.24, 2.45) is 0 Å². The quantitative estimate of drug-likeness (QED) is 0.752. The maximum absolute atomic E-state index is 11.7. The number of rotatable bonds is 6. The van der Waals surface area contributed by atoms with Crippen molar-refractivity contribution in [2.45, 2.75) is 25.0 Å². The van der Waals surface area contributed by atoms with Gasteiger partial charge in [0.2, 0.25) is 10.0 Å². The minimum Gasteiger partial charge on any atom is -0.399 e. The average molecular weight is 267 g/mol. The van der Waals surface area contributed by atoms with E-state index in [4.69, 9.17) is 11.0 Å². The van der Waals surface area contributed by atoms with Crippen molar-refractivity contribution in [1.82, 2.24) is 4.72 Å². The summed E-state index contributed by atoms with van der Waals surface area (Å²) in [5.74, 6) is 0. The third-order valence-corrected chi connectivity index (χ3v) is 4.35. The van der Waals surface area contributed by atoms with Crippen molar-refractivity contribution in [3.63, 3.8) is 0 Å². The standard InChI is InChI=1S/C12H17N3O2S/c1-2-12(9-13)18(16,17)15-7-6-10-4-3-5-11(14)8-10/h3-5,8,12,15H,2,6-7,14H2,1H3. The van der Waals surface area contributed by atoms with Gasteiger partial charge in [0.05, 0.1) is 6.07 Å². The third kappa shape index (κ3) is 4.02. The van der Waals surface area contributed by atoms with E-state index in [0.717, 1.165) is 5.56 Å². The zero-order valence-corrected chi connectivity index (χ0v) is 11.1. The van der Waals surface area contributed by atoms with Gasteiger partial charge in [-0.05, 0) is 30.5 Å². The minimum absolute atomic E-state index is 0.268. The van der Waals surface area contributed by atoms with E-state index in [0.29, 0.717) is 12.1 Å². The summed E-state index contributed by atoms with van der Waals surface area (Å²) in [7, 11) is -3.55. The van der Waals surface area contributed by atoms with Crippen molar-refractivity contribution in [1.29, 1.82) is 5.26 Å². The van der Waals surface area contributed by atoms with Gasteiger partial charge in [0.15, 0.2) is 5.25 Å². The van der Waals surface area contributed by atoms with E-state index >= 15 is 0 Å². The second kappa shape index (κ2) is 6.38. The summed E-state index contributed by atoms with van der Waals surface area (Å²) in [5, 5.41) is 7.74. The lowest BCUT2D eigenvalue weighted by Gasteiger charge is -2.10. The molecule has 0 amide bonds. The summed E-state index contributed by atoms with van der Waals surface area (Å²) in [5.41, 5.74) is 7.24. The lowest BCUT2D eigenvalue weighted by Crippen LogP contribution is -2.34. The Labute approximate surface area is 108 Å². The molecule has 0 bridgehead atoms. The van der Waals surface area contributed by atoms with Gasteiger partial charge in [-0.3, -0.25) is 0 Å². The smallest absolute Gasteiger partial charge is 0.227 e. The zero-order chi connectivity index (χ0) is 13.6. The first-order valence-electron chi connectivity index (χ1n) is 5.72. The van der Waals surface area contributed by atoms with Crippen LogP contribution in [0.1, 0.15) is 18.9 Å². The molecule has 6 heteroatoms. The number of anilines is 1. The molecule has 1 atom stereocenters. The first kappa shape index (κ1) is 14.5. The van der Waals surface area contributed by atoms with Crippen LogP contribution >= 0.6 is 0 Å². The predicted octanol–water partition coefficient (Wildman–Crippen LogP) is 1.03. The van der Waals surface area contributed by atoms with E-state index < -0.39 is 15.3 Å². The second-order valence-electron chi connectivity index (χ2n) is 3.96. The Kier molecular flexibility index (Phi) is 5.13. The number of hydrogen-bond acceptors (Lipinski definition) is 4. The fourth-order valence-corrected chi connectivity index (χ4v) is 2.73. The average Bonchev–Trinajstić information content (AvgIpc) is 2.30. The number of benzene rings is 1. The second-order valence-corrected chi connectivity index (χ2v) is 5.91. The van der Waals surface area contributed by atoms with Gasteiger partial charge in [-0.15, -0.1) is 0 Å². The molecule has 0 radical (unpaired) electrons. The molecule has 98 valence electrons. The first-order chi connectivity index (χ1) is 8.49. The first-order valence-corrected chi connectivity index (χ1v) is 7.26. The van der Waals surface area contributed by atoms with Crippen LogP contribution in [0, 0.1) is 11.3 Å². The summed E-state index contributed by atoms with van der Waals surface area (Å²) in [6.07, 6.45) is 0.830. The zero-order valence-electron chi connectivity index (χ0n) is 10.3. The molecule has 0 aliphatic rings. The van der Waals surface area contributed by atoms with Crippen LogP contribution in [0.3, 0.4) is 0 Å². The van der Waals surface area contributed by atoms with Crippen LogP contribution in [0.4, 0.5) is 5.69 Å². The molecule has 0 aliphatic carbocycles. The van der Waals surface area contributed by atoms with Gasteiger partial charge in [-0.25, -0.2) is 13.1 Å². The Bertz CT molecular complexity index is 534. The molecule has 1 rings (SSSR count). The predicted molar refractivity (Wildman–Crippen MR) is 71.2 cm³/mol. The molecular weight excluding hydrogens is 250 g/mol. The van der Waals surface area contributed by atoms with Gasteiger partial charge in [-0.2, -0.15) is 5.26 Å². The SMILES string of the molecule is CCC(C#N)S(=O)(=O)NCCc1cccc(N)c1. The molecule has 1 aromatic rings. The molecule has 0 fully saturated rings. The molecule has 0 saturated carbocycles. The number of sulfonamides is 1. The monoisotopic (exact) mass is 267 g/mol. The van der Waals surface area contributed by atoms with E-state index in [2.05, 4.69) is 4.72 Å². The van der Waals surface area contributed by atoms with Crippen LogP contribution in [-0.2, 0) is 16.4 Å². The largest absolute Gasteiger partial charge is 0.399 e. The Morgan fingerprint density at radius 1 is 1.50 bits per heavy atom. The topological polar surface area (TPSA) is 96.0 Å². The summed E-state index contributed by atoms with van der Waals surface area (Å²) in [6.45, 7) is 1.94. The van der Waals surface area contributed by atoms with Crippen LogP contribution in [0.25, 0.3) is 0 Å². The van der Waals surface area contributed by atoms with Crippen LogP contribution in [-0.4, -0.2) is 20.2 Å². The van der Waals surface area contributed by atoms with Crippen LogP contribution < -0.4 is 10.5 Å². The molecule has 0 spiro atoms. The van der Waals surface area contributed by atoms with Gasteiger partial charge >= 0.3 is 0 Å². The van der Waals surface area contributed by atoms with Crippen molar-refractivity contribution in [3.05, 3.63) is 29.8 Å². The van der Waals surface area contributed by atoms with Crippen molar-refractivity contribution in [2.75, 3.05) is 12.3 Å². The Morgan fingerprint density at radius 3 is 2.78 bits per heavy atom. The van der Waals surface area contributed by atoms with Crippen molar-refractivity contribution < 1.29 is 8.42 Å². The molecule has 3 N–H and O–H groups in total. The lowest BCUT2D eigenvalue weighted by atomic mass is 10.1. The molecule has 1 aromatic carbocycles. The van der Waals surface area contributed by atoms with Crippen LogP contribution in [0.2, 0.25) is 0 Å². The summed E-state index contributed by atoms with van der Waals surface area (Å²) < 4.78 is 25.8. The molecular formula is C12H17N3O2S. The van der Waals surface area contributed by atoms with Gasteiger partial charge in [0.25, 0.3) is 0 Å². The molecule has 0 aromatic heterocycles. The fraction of sp³-hybridized carbons (Fsp3) is 0.417. The van der Waals surface area contributed by atoms with Gasteiger partial charge in [0, 0.05) is 12.2 Å². The lowest BCUT2D eigenvalue weighted by molar-refractivity contribution is 0.572. The van der Waals surface area contributed by atoms with Gasteiger partial charge in [-0.1, -0.05) is 19.1 Å². The molecule has 5 nitrogen and oxygen atoms in total. The van der Waals surface area contributed by atoms with Gasteiger partial charge in [0.1, 0.15) is 0 Å². The normalized spacial score (nSPS) is 12.9. The molecule has 0 heterocycles. The van der Waals surface area contributed by atoms with Crippen LogP contribution in [0.15, 0.2) is 24.3 Å². The Morgan fingerprint density at radius 2 is 2.22 bits per heavy atom. The molecule has 0 saturated heterocycles. The Hall–Kier alpha value is -1.58. The Balaban J connectivity index is 2.55. The fourth-order valence-electron chi connectivity index (χ4n) is 1.57. The highest BCUT2D eigenvalue weighted by Crippen LogP contribution is 2.07. The number of nitrogens with one attached hydrogen (secondary N) is 1. The molecule has 0 aliphatic heterocycles.